The Morgan fingerprint density at radius 1 is 1.13 bits per heavy atom. The second kappa shape index (κ2) is 3.44. The number of H-pyrrole nitrogens is 1. The molecule has 0 spiro atoms. The van der Waals surface area contributed by atoms with E-state index in [9.17, 15) is 17.6 Å². The predicted octanol–water partition coefficient (Wildman–Crippen LogP) is 3.92. The molecular weight excluding hydrogens is 230 g/mol. The van der Waals surface area contributed by atoms with Crippen LogP contribution in [-0.4, -0.2) is 10.5 Å². The van der Waals surface area contributed by atoms with Crippen LogP contribution < -0.4 is 0 Å². The smallest absolute Gasteiger partial charge is 0.330 e. The van der Waals surface area contributed by atoms with Gasteiger partial charge in [0, 0.05) is 10.9 Å². The molecule has 0 bridgehead atoms. The van der Waals surface area contributed by atoms with Crippen molar-refractivity contribution >= 4 is 22.7 Å². The SMILES string of the molecule is Fc1[nH]c2ccccc2c1SC(F)(F)F. The number of nitrogens with one attached hydrogen (secondary N) is 1. The van der Waals surface area contributed by atoms with Gasteiger partial charge >= 0.3 is 5.51 Å². The van der Waals surface area contributed by atoms with Gasteiger partial charge in [-0.25, -0.2) is 0 Å². The van der Waals surface area contributed by atoms with Crippen molar-refractivity contribution in [2.24, 2.45) is 0 Å². The molecule has 0 saturated heterocycles. The highest BCUT2D eigenvalue weighted by molar-refractivity contribution is 8.00. The van der Waals surface area contributed by atoms with Crippen molar-refractivity contribution in [3.8, 4) is 0 Å². The van der Waals surface area contributed by atoms with Crippen LogP contribution in [0.2, 0.25) is 0 Å². The molecule has 0 atom stereocenters. The minimum Gasteiger partial charge on any atom is -0.330 e. The van der Waals surface area contributed by atoms with Gasteiger partial charge in [0.15, 0.2) is 0 Å². The maximum Gasteiger partial charge on any atom is 0.446 e. The van der Waals surface area contributed by atoms with Gasteiger partial charge in [-0.15, -0.1) is 0 Å². The van der Waals surface area contributed by atoms with Gasteiger partial charge < -0.3 is 4.98 Å². The van der Waals surface area contributed by atoms with E-state index in [0.29, 0.717) is 5.52 Å². The number of benzene rings is 1. The number of hydrogen-bond donors (Lipinski definition) is 1. The summed E-state index contributed by atoms with van der Waals surface area (Å²) < 4.78 is 49.5. The first-order valence-corrected chi connectivity index (χ1v) is 4.81. The fourth-order valence-electron chi connectivity index (χ4n) is 1.30. The van der Waals surface area contributed by atoms with E-state index >= 15 is 0 Å². The first-order valence-electron chi connectivity index (χ1n) is 3.99. The van der Waals surface area contributed by atoms with Gasteiger partial charge in [-0.3, -0.25) is 0 Å². The molecule has 2 aromatic rings. The summed E-state index contributed by atoms with van der Waals surface area (Å²) >= 11 is -0.443. The zero-order valence-electron chi connectivity index (χ0n) is 7.23. The largest absolute Gasteiger partial charge is 0.446 e. The molecule has 1 heterocycles. The van der Waals surface area contributed by atoms with Gasteiger partial charge in [-0.1, -0.05) is 18.2 Å². The van der Waals surface area contributed by atoms with Crippen molar-refractivity contribution in [2.75, 3.05) is 0 Å². The summed E-state index contributed by atoms with van der Waals surface area (Å²) in [5, 5.41) is 0.248. The van der Waals surface area contributed by atoms with Crippen molar-refractivity contribution in [1.82, 2.24) is 4.98 Å². The highest BCUT2D eigenvalue weighted by Gasteiger charge is 2.32. The van der Waals surface area contributed by atoms with E-state index in [-0.39, 0.29) is 5.39 Å². The third kappa shape index (κ3) is 2.09. The number of aromatic amines is 1. The van der Waals surface area contributed by atoms with Crippen LogP contribution in [0.15, 0.2) is 29.2 Å². The normalized spacial score (nSPS) is 12.3. The molecule has 2 rings (SSSR count). The summed E-state index contributed by atoms with van der Waals surface area (Å²) in [4.78, 5) is 1.86. The molecule has 1 aromatic heterocycles. The van der Waals surface area contributed by atoms with Gasteiger partial charge in [0.2, 0.25) is 5.95 Å². The molecule has 0 aliphatic rings. The number of alkyl halides is 3. The van der Waals surface area contributed by atoms with Crippen LogP contribution in [0.1, 0.15) is 0 Å². The Kier molecular flexibility index (Phi) is 2.38. The average Bonchev–Trinajstić information content (AvgIpc) is 2.41. The van der Waals surface area contributed by atoms with Crippen LogP contribution in [0.3, 0.4) is 0 Å². The number of fused-ring (bicyclic) bond motifs is 1. The lowest BCUT2D eigenvalue weighted by atomic mass is 10.2. The highest BCUT2D eigenvalue weighted by Crippen LogP contribution is 2.41. The second-order valence-electron chi connectivity index (χ2n) is 2.86. The zero-order valence-corrected chi connectivity index (χ0v) is 8.05. The summed E-state index contributed by atoms with van der Waals surface area (Å²) in [6, 6.07) is 6.16. The first-order chi connectivity index (χ1) is 6.97. The Hall–Kier alpha value is -1.17. The van der Waals surface area contributed by atoms with Gasteiger partial charge in [0.1, 0.15) is 0 Å². The lowest BCUT2D eigenvalue weighted by Gasteiger charge is -2.03. The number of halogens is 4. The molecule has 0 unspecified atom stereocenters. The molecule has 0 saturated carbocycles. The summed E-state index contributed by atoms with van der Waals surface area (Å²) in [5.74, 6) is -0.946. The van der Waals surface area contributed by atoms with Crippen LogP contribution >= 0.6 is 11.8 Å². The predicted molar refractivity (Wildman–Crippen MR) is 50.2 cm³/mol. The van der Waals surface area contributed by atoms with Crippen molar-refractivity contribution < 1.29 is 17.6 Å². The zero-order chi connectivity index (χ0) is 11.1. The third-order valence-electron chi connectivity index (χ3n) is 1.83. The quantitative estimate of drug-likeness (QED) is 0.585. The van der Waals surface area contributed by atoms with Crippen LogP contribution in [-0.2, 0) is 0 Å². The molecule has 15 heavy (non-hydrogen) atoms. The van der Waals surface area contributed by atoms with Crippen molar-refractivity contribution in [3.05, 3.63) is 30.2 Å². The first kappa shape index (κ1) is 10.4. The van der Waals surface area contributed by atoms with Crippen LogP contribution in [0, 0.1) is 5.95 Å². The second-order valence-corrected chi connectivity index (χ2v) is 3.94. The molecule has 1 aromatic carbocycles. The lowest BCUT2D eigenvalue weighted by Crippen LogP contribution is -1.99. The van der Waals surface area contributed by atoms with Gasteiger partial charge in [-0.05, 0) is 17.8 Å². The van der Waals surface area contributed by atoms with E-state index in [1.165, 1.54) is 12.1 Å². The highest BCUT2D eigenvalue weighted by atomic mass is 32.2. The van der Waals surface area contributed by atoms with E-state index < -0.39 is 28.1 Å². The molecular formula is C9H5F4NS. The molecule has 1 nitrogen and oxygen atoms in total. The molecule has 0 radical (unpaired) electrons. The molecule has 6 heteroatoms. The maximum atomic E-state index is 13.2. The minimum absolute atomic E-state index is 0.248. The Balaban J connectivity index is 2.54. The van der Waals surface area contributed by atoms with Gasteiger partial charge in [-0.2, -0.15) is 17.6 Å². The Morgan fingerprint density at radius 2 is 1.80 bits per heavy atom. The van der Waals surface area contributed by atoms with Crippen LogP contribution in [0.5, 0.6) is 0 Å². The molecule has 0 aliphatic heterocycles. The van der Waals surface area contributed by atoms with Crippen molar-refractivity contribution in [2.45, 2.75) is 10.4 Å². The van der Waals surface area contributed by atoms with E-state index in [0.717, 1.165) is 0 Å². The van der Waals surface area contributed by atoms with Gasteiger partial charge in [0.05, 0.1) is 4.90 Å². The number of hydrogen-bond acceptors (Lipinski definition) is 1. The van der Waals surface area contributed by atoms with Crippen molar-refractivity contribution in [1.29, 1.82) is 0 Å². The fraction of sp³-hybridized carbons (Fsp3) is 0.111. The Labute approximate surface area is 86.5 Å². The third-order valence-corrected chi connectivity index (χ3v) is 2.67. The summed E-state index contributed by atoms with van der Waals surface area (Å²) in [5.41, 5.74) is -4.12. The molecule has 0 aliphatic carbocycles. The van der Waals surface area contributed by atoms with E-state index in [2.05, 4.69) is 4.98 Å². The molecule has 80 valence electrons. The number of thioether (sulfide) groups is 1. The van der Waals surface area contributed by atoms with Crippen LogP contribution in [0.25, 0.3) is 10.9 Å². The average molecular weight is 235 g/mol. The summed E-state index contributed by atoms with van der Waals surface area (Å²) in [6.45, 7) is 0. The van der Waals surface area contributed by atoms with Crippen LogP contribution in [0.4, 0.5) is 17.6 Å². The van der Waals surface area contributed by atoms with E-state index in [1.54, 1.807) is 12.1 Å². The fourth-order valence-corrected chi connectivity index (χ4v) is 1.96. The maximum absolute atomic E-state index is 13.2. The number of rotatable bonds is 1. The topological polar surface area (TPSA) is 15.8 Å². The minimum atomic E-state index is -4.48. The lowest BCUT2D eigenvalue weighted by molar-refractivity contribution is -0.0328. The monoisotopic (exact) mass is 235 g/mol. The number of aromatic nitrogens is 1. The number of para-hydroxylation sites is 1. The molecule has 0 fully saturated rings. The molecule has 1 N–H and O–H groups in total. The van der Waals surface area contributed by atoms with Crippen molar-refractivity contribution in [3.63, 3.8) is 0 Å². The van der Waals surface area contributed by atoms with E-state index in [4.69, 9.17) is 0 Å². The standard InChI is InChI=1S/C9H5F4NS/c10-8-7(15-9(11,12)13)5-3-1-2-4-6(5)14-8/h1-4,14H. The Morgan fingerprint density at radius 3 is 2.47 bits per heavy atom. The molecule has 0 amide bonds. The Bertz CT molecular complexity index is 488. The van der Waals surface area contributed by atoms with Gasteiger partial charge in [0.25, 0.3) is 0 Å². The summed E-state index contributed by atoms with van der Waals surface area (Å²) in [7, 11) is 0. The summed E-state index contributed by atoms with van der Waals surface area (Å²) in [6.07, 6.45) is 0. The van der Waals surface area contributed by atoms with E-state index in [1.807, 2.05) is 0 Å².